The molecule has 3 aliphatic heterocycles. The summed E-state index contributed by atoms with van der Waals surface area (Å²) in [5.41, 5.74) is 3.19. The Balaban J connectivity index is 1.26. The molecule has 13 nitrogen and oxygen atoms in total. The molecule has 2 aromatic carbocycles. The molecule has 0 radical (unpaired) electrons. The summed E-state index contributed by atoms with van der Waals surface area (Å²) in [5.74, 6) is -3.44. The van der Waals surface area contributed by atoms with Gasteiger partial charge in [0.15, 0.2) is 11.6 Å². The minimum Gasteiger partial charge on any atom is -0.493 e. The van der Waals surface area contributed by atoms with Gasteiger partial charge in [0.05, 0.1) is 43.0 Å². The summed E-state index contributed by atoms with van der Waals surface area (Å²) < 4.78 is 60.7. The average Bonchev–Trinajstić information content (AvgIpc) is 3.63. The number of carbonyl (C=O) groups is 2. The van der Waals surface area contributed by atoms with E-state index in [4.69, 9.17) is 13.9 Å². The molecule has 15 heteroatoms. The molecule has 1 atom stereocenters. The van der Waals surface area contributed by atoms with Crippen LogP contribution in [0.25, 0.3) is 11.0 Å². The molecule has 1 aromatic heterocycles. The highest BCUT2D eigenvalue weighted by Gasteiger charge is 2.34. The molecule has 6 rings (SSSR count). The smallest absolute Gasteiger partial charge is 0.341 e. The van der Waals surface area contributed by atoms with E-state index in [2.05, 4.69) is 22.9 Å². The summed E-state index contributed by atoms with van der Waals surface area (Å²) in [6.07, 6.45) is 1.70. The highest BCUT2D eigenvalue weighted by Crippen LogP contribution is 2.36. The molecule has 264 valence electrons. The van der Waals surface area contributed by atoms with Crippen molar-refractivity contribution < 1.29 is 36.3 Å². The van der Waals surface area contributed by atoms with Crippen LogP contribution < -0.4 is 20.0 Å². The fourth-order valence-corrected chi connectivity index (χ4v) is 8.44. The van der Waals surface area contributed by atoms with Gasteiger partial charge in [0.1, 0.15) is 5.58 Å². The molecular formula is C34H42FN5O8S. The first-order valence-electron chi connectivity index (χ1n) is 16.4. The Morgan fingerprint density at radius 1 is 1.04 bits per heavy atom. The minimum absolute atomic E-state index is 0.0953. The number of methoxy groups -OCH3 is 2. The molecule has 49 heavy (non-hydrogen) atoms. The maximum Gasteiger partial charge on any atom is 0.341 e. The van der Waals surface area contributed by atoms with Crippen LogP contribution >= 0.6 is 0 Å². The standard InChI is InChI=1S/C34H42FN5O8S/c1-20-16-27(38-15-14-37(3)22(17-38)19-46-4)21(2)30-28(20)23-10-13-39(18-26(23)34(43)48-30)33(42)24-8-9-25(31(47-5)29(24)35)32(41)36-49(44,45)40-11-6-7-12-40/h8-9,16,22H,6-7,10-15,17-19H2,1-5H3,(H,36,41)/t22-/m1/s1. The topological polar surface area (TPSA) is 142 Å². The highest BCUT2D eigenvalue weighted by atomic mass is 32.2. The van der Waals surface area contributed by atoms with E-state index in [1.807, 2.05) is 18.6 Å². The summed E-state index contributed by atoms with van der Waals surface area (Å²) in [5, 5.41) is 0.845. The van der Waals surface area contributed by atoms with Crippen LogP contribution in [0.4, 0.5) is 10.1 Å². The lowest BCUT2D eigenvalue weighted by Gasteiger charge is -2.41. The number of rotatable bonds is 8. The van der Waals surface area contributed by atoms with Gasteiger partial charge in [-0.3, -0.25) is 14.5 Å². The molecule has 4 heterocycles. The van der Waals surface area contributed by atoms with Crippen molar-refractivity contribution in [3.05, 3.63) is 67.8 Å². The largest absolute Gasteiger partial charge is 0.493 e. The number of hydrogen-bond donors (Lipinski definition) is 1. The monoisotopic (exact) mass is 699 g/mol. The van der Waals surface area contributed by atoms with Crippen molar-refractivity contribution in [2.45, 2.75) is 45.7 Å². The SMILES string of the molecule is COC[C@H]1CN(c2cc(C)c3c4c(c(=O)oc3c2C)CN(C(=O)c2ccc(C(=O)NS(=O)(=O)N3CCCC3)c(OC)c2F)CC4)CCN1C. The third kappa shape index (κ3) is 6.40. The van der Waals surface area contributed by atoms with Crippen LogP contribution in [0.3, 0.4) is 0 Å². The maximum atomic E-state index is 15.8. The minimum atomic E-state index is -4.12. The molecule has 3 aliphatic rings. The number of anilines is 1. The van der Waals surface area contributed by atoms with E-state index in [1.165, 1.54) is 4.90 Å². The van der Waals surface area contributed by atoms with E-state index in [9.17, 15) is 22.8 Å². The zero-order valence-electron chi connectivity index (χ0n) is 28.4. The zero-order chi connectivity index (χ0) is 35.2. The Kier molecular flexibility index (Phi) is 9.72. The lowest BCUT2D eigenvalue weighted by atomic mass is 9.92. The molecule has 2 amide bonds. The normalized spacial score (nSPS) is 18.9. The Labute approximate surface area is 284 Å². The predicted octanol–water partition coefficient (Wildman–Crippen LogP) is 2.59. The third-order valence-electron chi connectivity index (χ3n) is 9.95. The Hall–Kier alpha value is -4.05. The van der Waals surface area contributed by atoms with Crippen molar-refractivity contribution in [3.63, 3.8) is 0 Å². The molecule has 0 aliphatic carbocycles. The van der Waals surface area contributed by atoms with E-state index >= 15 is 4.39 Å². The first-order chi connectivity index (χ1) is 23.4. The van der Waals surface area contributed by atoms with Gasteiger partial charge in [-0.25, -0.2) is 13.9 Å². The summed E-state index contributed by atoms with van der Waals surface area (Å²) in [7, 11) is 0.786. The quantitative estimate of drug-likeness (QED) is 0.349. The van der Waals surface area contributed by atoms with Gasteiger partial charge in [0.2, 0.25) is 0 Å². The average molecular weight is 700 g/mol. The fraction of sp³-hybridized carbons (Fsp3) is 0.500. The summed E-state index contributed by atoms with van der Waals surface area (Å²) >= 11 is 0. The van der Waals surface area contributed by atoms with E-state index in [0.29, 0.717) is 37.0 Å². The third-order valence-corrected chi connectivity index (χ3v) is 11.4. The van der Waals surface area contributed by atoms with Crippen molar-refractivity contribution >= 4 is 38.7 Å². The molecular weight excluding hydrogens is 657 g/mol. The Morgan fingerprint density at radius 3 is 2.45 bits per heavy atom. The van der Waals surface area contributed by atoms with Gasteiger partial charge in [0.25, 0.3) is 11.8 Å². The molecule has 0 bridgehead atoms. The van der Waals surface area contributed by atoms with Gasteiger partial charge in [0, 0.05) is 63.0 Å². The van der Waals surface area contributed by atoms with Gasteiger partial charge < -0.3 is 23.7 Å². The van der Waals surface area contributed by atoms with Crippen molar-refractivity contribution in [2.24, 2.45) is 0 Å². The van der Waals surface area contributed by atoms with E-state index in [0.717, 1.165) is 70.9 Å². The highest BCUT2D eigenvalue weighted by molar-refractivity contribution is 7.87. The van der Waals surface area contributed by atoms with Crippen LogP contribution in [0.5, 0.6) is 5.75 Å². The number of likely N-dealkylation sites (N-methyl/N-ethyl adjacent to an activating group) is 1. The summed E-state index contributed by atoms with van der Waals surface area (Å²) in [6.45, 7) is 7.68. The first-order valence-corrected chi connectivity index (χ1v) is 17.8. The van der Waals surface area contributed by atoms with Crippen molar-refractivity contribution in [1.82, 2.24) is 18.8 Å². The lowest BCUT2D eigenvalue weighted by Crippen LogP contribution is -2.53. The maximum absolute atomic E-state index is 15.8. The van der Waals surface area contributed by atoms with Crippen LogP contribution in [0, 0.1) is 19.7 Å². The number of amides is 2. The molecule has 0 spiro atoms. The van der Waals surface area contributed by atoms with Crippen LogP contribution in [0.15, 0.2) is 27.4 Å². The molecule has 0 unspecified atom stereocenters. The van der Waals surface area contributed by atoms with Gasteiger partial charge >= 0.3 is 15.8 Å². The van der Waals surface area contributed by atoms with Crippen molar-refractivity contribution in [1.29, 1.82) is 0 Å². The van der Waals surface area contributed by atoms with Crippen molar-refractivity contribution in [2.75, 3.05) is 72.0 Å². The fourth-order valence-electron chi connectivity index (χ4n) is 7.23. The van der Waals surface area contributed by atoms with Gasteiger partial charge in [-0.15, -0.1) is 0 Å². The number of aryl methyl sites for hydroxylation is 2. The molecule has 0 saturated carbocycles. The van der Waals surface area contributed by atoms with Crippen LogP contribution in [0.2, 0.25) is 0 Å². The second kappa shape index (κ2) is 13.7. The number of carbonyl (C=O) groups excluding carboxylic acids is 2. The Morgan fingerprint density at radius 2 is 1.76 bits per heavy atom. The molecule has 1 N–H and O–H groups in total. The zero-order valence-corrected chi connectivity index (χ0v) is 29.2. The van der Waals surface area contributed by atoms with Crippen LogP contribution in [0.1, 0.15) is 55.8 Å². The molecule has 2 fully saturated rings. The van der Waals surface area contributed by atoms with E-state index < -0.39 is 39.2 Å². The summed E-state index contributed by atoms with van der Waals surface area (Å²) in [6, 6.07) is 4.63. The van der Waals surface area contributed by atoms with Gasteiger partial charge in [-0.2, -0.15) is 12.7 Å². The molecule has 3 aromatic rings. The predicted molar refractivity (Wildman–Crippen MR) is 181 cm³/mol. The number of nitrogens with one attached hydrogen (secondary N) is 1. The number of nitrogens with zero attached hydrogens (tertiary/aromatic N) is 4. The van der Waals surface area contributed by atoms with E-state index in [-0.39, 0.29) is 43.3 Å². The Bertz CT molecular complexity index is 1980. The van der Waals surface area contributed by atoms with Crippen molar-refractivity contribution in [3.8, 4) is 5.75 Å². The number of piperazine rings is 1. The summed E-state index contributed by atoms with van der Waals surface area (Å²) in [4.78, 5) is 46.0. The number of halogens is 1. The number of hydrogen-bond acceptors (Lipinski definition) is 10. The lowest BCUT2D eigenvalue weighted by molar-refractivity contribution is 0.0726. The van der Waals surface area contributed by atoms with Gasteiger partial charge in [-0.05, 0) is 69.5 Å². The van der Waals surface area contributed by atoms with Gasteiger partial charge in [-0.1, -0.05) is 0 Å². The second-order valence-corrected chi connectivity index (χ2v) is 14.6. The second-order valence-electron chi connectivity index (χ2n) is 13.0. The first kappa shape index (κ1) is 34.8. The number of ether oxygens (including phenoxy) is 2. The van der Waals surface area contributed by atoms with E-state index in [1.54, 1.807) is 7.11 Å². The van der Waals surface area contributed by atoms with Crippen LogP contribution in [-0.2, 0) is 27.9 Å². The van der Waals surface area contributed by atoms with Crippen LogP contribution in [-0.4, -0.2) is 108 Å². The number of benzene rings is 2. The molecule has 2 saturated heterocycles. The number of fused-ring (bicyclic) bond motifs is 3.